The Hall–Kier alpha value is -1.37. The zero-order valence-corrected chi connectivity index (χ0v) is 5.43. The van der Waals surface area contributed by atoms with Crippen molar-refractivity contribution in [2.45, 2.75) is 13.3 Å². The largest absolute Gasteiger partial charge is 0.427 e. The molecule has 10 heavy (non-hydrogen) atoms. The SMILES string of the molecule is C=C(C#N)C(=O)OC(C)F. The molecule has 1 atom stereocenters. The molecule has 0 heterocycles. The highest BCUT2D eigenvalue weighted by Gasteiger charge is 2.10. The zero-order chi connectivity index (χ0) is 8.15. The van der Waals surface area contributed by atoms with Crippen LogP contribution in [0.15, 0.2) is 12.2 Å². The number of carbonyl (C=O) groups excluding carboxylic acids is 1. The van der Waals surface area contributed by atoms with Crippen LogP contribution < -0.4 is 0 Å². The molecule has 0 saturated carbocycles. The van der Waals surface area contributed by atoms with Gasteiger partial charge in [-0.2, -0.15) is 5.26 Å². The lowest BCUT2D eigenvalue weighted by Gasteiger charge is -2.01. The molecule has 0 radical (unpaired) electrons. The minimum atomic E-state index is -1.70. The van der Waals surface area contributed by atoms with Crippen molar-refractivity contribution in [2.24, 2.45) is 0 Å². The summed E-state index contributed by atoms with van der Waals surface area (Å²) < 4.78 is 15.8. The third kappa shape index (κ3) is 2.82. The molecule has 0 aliphatic rings. The summed E-state index contributed by atoms with van der Waals surface area (Å²) in [6, 6.07) is 1.43. The van der Waals surface area contributed by atoms with Crippen LogP contribution in [0.5, 0.6) is 0 Å². The topological polar surface area (TPSA) is 50.1 Å². The lowest BCUT2D eigenvalue weighted by atomic mass is 10.3. The van der Waals surface area contributed by atoms with Crippen molar-refractivity contribution in [2.75, 3.05) is 0 Å². The fourth-order valence-electron chi connectivity index (χ4n) is 0.264. The van der Waals surface area contributed by atoms with Gasteiger partial charge in [-0.25, -0.2) is 9.18 Å². The van der Waals surface area contributed by atoms with Gasteiger partial charge in [0, 0.05) is 6.92 Å². The first kappa shape index (κ1) is 8.63. The molecule has 3 nitrogen and oxygen atoms in total. The monoisotopic (exact) mass is 143 g/mol. The number of halogens is 1. The van der Waals surface area contributed by atoms with Crippen molar-refractivity contribution in [3.63, 3.8) is 0 Å². The number of nitrogens with zero attached hydrogens (tertiary/aromatic N) is 1. The van der Waals surface area contributed by atoms with Crippen LogP contribution in [0.4, 0.5) is 4.39 Å². The van der Waals surface area contributed by atoms with Crippen LogP contribution >= 0.6 is 0 Å². The molecule has 0 aromatic carbocycles. The smallest absolute Gasteiger partial charge is 0.350 e. The Labute approximate surface area is 57.7 Å². The summed E-state index contributed by atoms with van der Waals surface area (Å²) in [5, 5.41) is 8.05. The Morgan fingerprint density at radius 1 is 1.90 bits per heavy atom. The number of alkyl halides is 1. The van der Waals surface area contributed by atoms with Gasteiger partial charge < -0.3 is 4.74 Å². The van der Waals surface area contributed by atoms with Gasteiger partial charge in [0.05, 0.1) is 0 Å². The maximum atomic E-state index is 11.9. The Balaban J connectivity index is 3.89. The van der Waals surface area contributed by atoms with Gasteiger partial charge in [0.15, 0.2) is 0 Å². The van der Waals surface area contributed by atoms with E-state index in [0.29, 0.717) is 0 Å². The maximum Gasteiger partial charge on any atom is 0.350 e. The zero-order valence-electron chi connectivity index (χ0n) is 5.43. The molecule has 0 bridgehead atoms. The van der Waals surface area contributed by atoms with Crippen molar-refractivity contribution in [3.05, 3.63) is 12.2 Å². The fraction of sp³-hybridized carbons (Fsp3) is 0.333. The molecule has 1 unspecified atom stereocenters. The number of hydrogen-bond acceptors (Lipinski definition) is 3. The van der Waals surface area contributed by atoms with E-state index in [2.05, 4.69) is 11.3 Å². The first-order valence-corrected chi connectivity index (χ1v) is 2.52. The van der Waals surface area contributed by atoms with Crippen LogP contribution in [0.3, 0.4) is 0 Å². The molecule has 0 saturated heterocycles. The van der Waals surface area contributed by atoms with Gasteiger partial charge in [0.1, 0.15) is 11.6 Å². The van der Waals surface area contributed by atoms with Gasteiger partial charge >= 0.3 is 5.97 Å². The molecule has 0 aliphatic heterocycles. The average molecular weight is 143 g/mol. The summed E-state index contributed by atoms with van der Waals surface area (Å²) in [6.07, 6.45) is -1.70. The molecule has 0 fully saturated rings. The summed E-state index contributed by atoms with van der Waals surface area (Å²) in [5.74, 6) is -1.02. The van der Waals surface area contributed by atoms with E-state index in [4.69, 9.17) is 5.26 Å². The number of nitriles is 1. The van der Waals surface area contributed by atoms with Crippen LogP contribution in [0.1, 0.15) is 6.92 Å². The highest BCUT2D eigenvalue weighted by atomic mass is 19.1. The lowest BCUT2D eigenvalue weighted by molar-refractivity contribution is -0.150. The molecule has 0 rings (SSSR count). The normalized spacial score (nSPS) is 11.3. The molecule has 54 valence electrons. The quantitative estimate of drug-likeness (QED) is 0.328. The van der Waals surface area contributed by atoms with Crippen LogP contribution in [0.2, 0.25) is 0 Å². The van der Waals surface area contributed by atoms with E-state index in [-0.39, 0.29) is 0 Å². The van der Waals surface area contributed by atoms with Crippen LogP contribution in [0, 0.1) is 11.3 Å². The van der Waals surface area contributed by atoms with Gasteiger partial charge in [-0.3, -0.25) is 0 Å². The molecule has 4 heteroatoms. The van der Waals surface area contributed by atoms with Gasteiger partial charge in [-0.15, -0.1) is 0 Å². The molecule has 0 aromatic heterocycles. The first-order chi connectivity index (χ1) is 4.57. The summed E-state index contributed by atoms with van der Waals surface area (Å²) >= 11 is 0. The van der Waals surface area contributed by atoms with Crippen molar-refractivity contribution < 1.29 is 13.9 Å². The number of ether oxygens (including phenoxy) is 1. The summed E-state index contributed by atoms with van der Waals surface area (Å²) in [7, 11) is 0. The third-order valence-electron chi connectivity index (χ3n) is 0.651. The minimum Gasteiger partial charge on any atom is -0.427 e. The lowest BCUT2D eigenvalue weighted by Crippen LogP contribution is -2.10. The first-order valence-electron chi connectivity index (χ1n) is 2.52. The van der Waals surface area contributed by atoms with Crippen LogP contribution in [-0.4, -0.2) is 12.3 Å². The van der Waals surface area contributed by atoms with Gasteiger partial charge in [-0.1, -0.05) is 6.58 Å². The minimum absolute atomic E-state index is 0.399. The van der Waals surface area contributed by atoms with Crippen molar-refractivity contribution in [3.8, 4) is 6.07 Å². The summed E-state index contributed by atoms with van der Waals surface area (Å²) in [6.45, 7) is 4.07. The highest BCUT2D eigenvalue weighted by Crippen LogP contribution is 1.97. The maximum absolute atomic E-state index is 11.9. The molecule has 0 amide bonds. The fourth-order valence-corrected chi connectivity index (χ4v) is 0.264. The average Bonchev–Trinajstić information content (AvgIpc) is 1.85. The summed E-state index contributed by atoms with van der Waals surface area (Å²) in [5.41, 5.74) is -0.399. The van der Waals surface area contributed by atoms with Gasteiger partial charge in [0.25, 0.3) is 0 Å². The van der Waals surface area contributed by atoms with Gasteiger partial charge in [-0.05, 0) is 0 Å². The van der Waals surface area contributed by atoms with E-state index in [9.17, 15) is 9.18 Å². The highest BCUT2D eigenvalue weighted by molar-refractivity contribution is 5.91. The Kier molecular flexibility index (Phi) is 3.12. The van der Waals surface area contributed by atoms with E-state index < -0.39 is 17.9 Å². The predicted octanol–water partition coefficient (Wildman–Crippen LogP) is 0.925. The third-order valence-corrected chi connectivity index (χ3v) is 0.651. The van der Waals surface area contributed by atoms with Crippen molar-refractivity contribution >= 4 is 5.97 Å². The van der Waals surface area contributed by atoms with E-state index >= 15 is 0 Å². The molecule has 0 aliphatic carbocycles. The van der Waals surface area contributed by atoms with E-state index in [1.165, 1.54) is 6.07 Å². The standard InChI is InChI=1S/C6H6FNO2/c1-4(3-8)6(9)10-5(2)7/h5H,1H2,2H3. The number of hydrogen-bond donors (Lipinski definition) is 0. The Morgan fingerprint density at radius 3 is 2.70 bits per heavy atom. The van der Waals surface area contributed by atoms with Gasteiger partial charge in [0.2, 0.25) is 6.36 Å². The van der Waals surface area contributed by atoms with E-state index in [0.717, 1.165) is 6.92 Å². The summed E-state index contributed by atoms with van der Waals surface area (Å²) in [4.78, 5) is 10.4. The van der Waals surface area contributed by atoms with Crippen LogP contribution in [-0.2, 0) is 9.53 Å². The van der Waals surface area contributed by atoms with E-state index in [1.54, 1.807) is 0 Å². The molecular weight excluding hydrogens is 137 g/mol. The number of carbonyl (C=O) groups is 1. The van der Waals surface area contributed by atoms with Crippen LogP contribution in [0.25, 0.3) is 0 Å². The second-order valence-corrected chi connectivity index (χ2v) is 1.54. The second kappa shape index (κ2) is 3.62. The van der Waals surface area contributed by atoms with E-state index in [1.807, 2.05) is 0 Å². The predicted molar refractivity (Wildman–Crippen MR) is 31.4 cm³/mol. The Bertz CT molecular complexity index is 192. The molecule has 0 spiro atoms. The number of esters is 1. The molecule has 0 N–H and O–H groups in total. The van der Waals surface area contributed by atoms with Crippen molar-refractivity contribution in [1.29, 1.82) is 5.26 Å². The molecule has 0 aromatic rings. The second-order valence-electron chi connectivity index (χ2n) is 1.54. The number of rotatable bonds is 2. The molecular formula is C6H6FNO2. The Morgan fingerprint density at radius 2 is 2.40 bits per heavy atom. The van der Waals surface area contributed by atoms with Crippen molar-refractivity contribution in [1.82, 2.24) is 0 Å².